The number of fused-ring (bicyclic) bond motifs is 1. The molecule has 0 atom stereocenters. The van der Waals surface area contributed by atoms with E-state index in [1.54, 1.807) is 12.1 Å². The molecule has 1 aromatic heterocycles. The number of halogens is 1. The van der Waals surface area contributed by atoms with Gasteiger partial charge < -0.3 is 14.5 Å². The Hall–Kier alpha value is -2.27. The quantitative estimate of drug-likeness (QED) is 0.686. The zero-order valence-electron chi connectivity index (χ0n) is 11.9. The van der Waals surface area contributed by atoms with Crippen LogP contribution < -0.4 is 15.7 Å². The Balaban J connectivity index is 1.92. The van der Waals surface area contributed by atoms with Gasteiger partial charge in [0.05, 0.1) is 6.61 Å². The molecule has 0 fully saturated rings. The van der Waals surface area contributed by atoms with Gasteiger partial charge in [-0.05, 0) is 55.5 Å². The summed E-state index contributed by atoms with van der Waals surface area (Å²) < 4.78 is 11.6. The summed E-state index contributed by atoms with van der Waals surface area (Å²) in [6, 6.07) is 14.7. The smallest absolute Gasteiger partial charge is 0.360 e. The summed E-state index contributed by atoms with van der Waals surface area (Å²) in [4.78, 5) is 12.0. The van der Waals surface area contributed by atoms with Crippen LogP contribution in [-0.4, -0.2) is 6.61 Å². The minimum absolute atomic E-state index is 0.398. The van der Waals surface area contributed by atoms with Gasteiger partial charge in [0.2, 0.25) is 0 Å². The van der Waals surface area contributed by atoms with Crippen molar-refractivity contribution in [3.8, 4) is 5.75 Å². The molecule has 2 aromatic carbocycles. The second-order valence-corrected chi connectivity index (χ2v) is 5.63. The maximum Gasteiger partial charge on any atom is 0.360 e. The van der Waals surface area contributed by atoms with E-state index < -0.39 is 5.63 Å². The van der Waals surface area contributed by atoms with Crippen molar-refractivity contribution >= 4 is 38.3 Å². The van der Waals surface area contributed by atoms with Crippen LogP contribution in [0.2, 0.25) is 0 Å². The van der Waals surface area contributed by atoms with Crippen LogP contribution in [0.25, 0.3) is 11.0 Å². The van der Waals surface area contributed by atoms with Crippen LogP contribution in [0.15, 0.2) is 62.2 Å². The topological polar surface area (TPSA) is 51.5 Å². The van der Waals surface area contributed by atoms with Crippen molar-refractivity contribution < 1.29 is 9.15 Å². The van der Waals surface area contributed by atoms with Gasteiger partial charge in [0.1, 0.15) is 17.0 Å². The van der Waals surface area contributed by atoms with Crippen molar-refractivity contribution in [2.24, 2.45) is 0 Å². The van der Waals surface area contributed by atoms with Crippen molar-refractivity contribution in [1.29, 1.82) is 0 Å². The van der Waals surface area contributed by atoms with Crippen LogP contribution in [0.4, 0.5) is 11.4 Å². The van der Waals surface area contributed by atoms with Crippen molar-refractivity contribution in [3.05, 3.63) is 63.4 Å². The zero-order valence-corrected chi connectivity index (χ0v) is 13.5. The summed E-state index contributed by atoms with van der Waals surface area (Å²) >= 11 is 3.41. The van der Waals surface area contributed by atoms with Crippen LogP contribution in [0.5, 0.6) is 5.75 Å². The molecule has 0 saturated carbocycles. The average molecular weight is 360 g/mol. The Kier molecular flexibility index (Phi) is 4.15. The van der Waals surface area contributed by atoms with Gasteiger partial charge in [-0.15, -0.1) is 0 Å². The molecule has 3 rings (SSSR count). The SMILES string of the molecule is CCOc1ccc(Nc2cc3cc(Br)ccc3oc2=O)cc1. The second-order valence-electron chi connectivity index (χ2n) is 4.71. The monoisotopic (exact) mass is 359 g/mol. The predicted molar refractivity (Wildman–Crippen MR) is 91.1 cm³/mol. The average Bonchev–Trinajstić information content (AvgIpc) is 2.51. The summed E-state index contributed by atoms with van der Waals surface area (Å²) in [5.41, 5.74) is 1.36. The molecule has 1 heterocycles. The first-order chi connectivity index (χ1) is 10.7. The third-order valence-corrected chi connectivity index (χ3v) is 3.63. The van der Waals surface area contributed by atoms with E-state index in [1.807, 2.05) is 43.3 Å². The fraction of sp³-hybridized carbons (Fsp3) is 0.118. The second kappa shape index (κ2) is 6.23. The van der Waals surface area contributed by atoms with Crippen LogP contribution >= 0.6 is 15.9 Å². The lowest BCUT2D eigenvalue weighted by atomic mass is 10.2. The molecule has 0 radical (unpaired) electrons. The van der Waals surface area contributed by atoms with E-state index in [9.17, 15) is 4.79 Å². The van der Waals surface area contributed by atoms with Crippen LogP contribution in [0.3, 0.4) is 0 Å². The third kappa shape index (κ3) is 3.14. The summed E-state index contributed by atoms with van der Waals surface area (Å²) in [6.07, 6.45) is 0. The first-order valence-electron chi connectivity index (χ1n) is 6.89. The molecule has 0 aliphatic heterocycles. The maximum atomic E-state index is 12.0. The van der Waals surface area contributed by atoms with Gasteiger partial charge in [-0.2, -0.15) is 0 Å². The third-order valence-electron chi connectivity index (χ3n) is 3.14. The van der Waals surface area contributed by atoms with Crippen molar-refractivity contribution in [1.82, 2.24) is 0 Å². The van der Waals surface area contributed by atoms with Gasteiger partial charge in [0, 0.05) is 15.5 Å². The zero-order chi connectivity index (χ0) is 15.5. The molecule has 3 aromatic rings. The number of ether oxygens (including phenoxy) is 1. The van der Waals surface area contributed by atoms with Gasteiger partial charge in [-0.1, -0.05) is 15.9 Å². The van der Waals surface area contributed by atoms with Crippen LogP contribution in [-0.2, 0) is 0 Å². The molecule has 0 aliphatic carbocycles. The first-order valence-corrected chi connectivity index (χ1v) is 7.68. The van der Waals surface area contributed by atoms with E-state index in [-0.39, 0.29) is 0 Å². The summed E-state index contributed by atoms with van der Waals surface area (Å²) in [5.74, 6) is 0.794. The minimum Gasteiger partial charge on any atom is -0.494 e. The maximum absolute atomic E-state index is 12.0. The molecular weight excluding hydrogens is 346 g/mol. The van der Waals surface area contributed by atoms with Crippen LogP contribution in [0, 0.1) is 0 Å². The fourth-order valence-corrected chi connectivity index (χ4v) is 2.52. The number of hydrogen-bond acceptors (Lipinski definition) is 4. The highest BCUT2D eigenvalue weighted by Crippen LogP contribution is 2.23. The Morgan fingerprint density at radius 2 is 1.91 bits per heavy atom. The van der Waals surface area contributed by atoms with Crippen LogP contribution in [0.1, 0.15) is 6.92 Å². The molecule has 4 nitrogen and oxygen atoms in total. The lowest BCUT2D eigenvalue weighted by Crippen LogP contribution is -2.06. The number of rotatable bonds is 4. The van der Waals surface area contributed by atoms with E-state index in [4.69, 9.17) is 9.15 Å². The molecule has 0 unspecified atom stereocenters. The predicted octanol–water partition coefficient (Wildman–Crippen LogP) is 4.70. The minimum atomic E-state index is -0.399. The Bertz CT molecular complexity index is 856. The van der Waals surface area contributed by atoms with Gasteiger partial charge in [-0.3, -0.25) is 0 Å². The first kappa shape index (κ1) is 14.7. The lowest BCUT2D eigenvalue weighted by Gasteiger charge is -2.08. The summed E-state index contributed by atoms with van der Waals surface area (Å²) in [6.45, 7) is 2.56. The van der Waals surface area contributed by atoms with Crippen molar-refractivity contribution in [2.75, 3.05) is 11.9 Å². The Morgan fingerprint density at radius 1 is 1.14 bits per heavy atom. The molecule has 0 spiro atoms. The van der Waals surface area contributed by atoms with Gasteiger partial charge >= 0.3 is 5.63 Å². The van der Waals surface area contributed by atoms with Crippen molar-refractivity contribution in [2.45, 2.75) is 6.92 Å². The van der Waals surface area contributed by atoms with Gasteiger partial charge in [0.25, 0.3) is 0 Å². The molecular formula is C17H14BrNO3. The normalized spacial score (nSPS) is 10.6. The summed E-state index contributed by atoms with van der Waals surface area (Å²) in [7, 11) is 0. The largest absolute Gasteiger partial charge is 0.494 e. The van der Waals surface area contributed by atoms with Gasteiger partial charge in [0.15, 0.2) is 0 Å². The Labute approximate surface area is 135 Å². The number of benzene rings is 2. The molecule has 0 bridgehead atoms. The molecule has 0 aliphatic rings. The molecule has 0 saturated heterocycles. The molecule has 112 valence electrons. The molecule has 5 heteroatoms. The van der Waals surface area contributed by atoms with E-state index in [0.29, 0.717) is 17.9 Å². The van der Waals surface area contributed by atoms with E-state index >= 15 is 0 Å². The highest BCUT2D eigenvalue weighted by atomic mass is 79.9. The highest BCUT2D eigenvalue weighted by Gasteiger charge is 2.06. The molecule has 22 heavy (non-hydrogen) atoms. The highest BCUT2D eigenvalue weighted by molar-refractivity contribution is 9.10. The van der Waals surface area contributed by atoms with E-state index in [1.165, 1.54) is 0 Å². The van der Waals surface area contributed by atoms with Gasteiger partial charge in [-0.25, -0.2) is 4.79 Å². The lowest BCUT2D eigenvalue weighted by molar-refractivity contribution is 0.340. The number of anilines is 2. The Morgan fingerprint density at radius 3 is 2.64 bits per heavy atom. The number of hydrogen-bond donors (Lipinski definition) is 1. The van der Waals surface area contributed by atoms with Crippen molar-refractivity contribution in [3.63, 3.8) is 0 Å². The summed E-state index contributed by atoms with van der Waals surface area (Å²) in [5, 5.41) is 3.93. The fourth-order valence-electron chi connectivity index (χ4n) is 2.14. The molecule has 0 amide bonds. The van der Waals surface area contributed by atoms with E-state index in [2.05, 4.69) is 21.2 Å². The molecule has 1 N–H and O–H groups in total. The standard InChI is InChI=1S/C17H14BrNO3/c1-2-21-14-6-4-13(5-7-14)19-15-10-11-9-12(18)3-8-16(11)22-17(15)20/h3-10,19H,2H2,1H3. The van der Waals surface area contributed by atoms with E-state index in [0.717, 1.165) is 21.3 Å². The number of nitrogens with one attached hydrogen (secondary N) is 1.